The van der Waals surface area contributed by atoms with Crippen LogP contribution in [-0.4, -0.2) is 21.8 Å². The van der Waals surface area contributed by atoms with Crippen LogP contribution >= 0.6 is 23.2 Å². The Labute approximate surface area is 108 Å². The molecule has 1 amide bonds. The summed E-state index contributed by atoms with van der Waals surface area (Å²) in [4.78, 5) is 18.5. The fourth-order valence-corrected chi connectivity index (χ4v) is 1.83. The molecule has 4 nitrogen and oxygen atoms in total. The zero-order chi connectivity index (χ0) is 12.3. The summed E-state index contributed by atoms with van der Waals surface area (Å²) in [6, 6.07) is 5.39. The van der Waals surface area contributed by atoms with Crippen LogP contribution in [0, 0.1) is 0 Å². The Morgan fingerprint density at radius 2 is 2.29 bits per heavy atom. The number of carbonyl (C=O) groups excluding carboxylic acids is 1. The first-order valence-corrected chi connectivity index (χ1v) is 6.11. The number of nitrogens with one attached hydrogen (secondary N) is 2. The van der Waals surface area contributed by atoms with Crippen LogP contribution < -0.4 is 5.32 Å². The second-order valence-corrected chi connectivity index (χ2v) is 4.34. The van der Waals surface area contributed by atoms with Gasteiger partial charge in [-0.3, -0.25) is 4.79 Å². The summed E-state index contributed by atoms with van der Waals surface area (Å²) in [6.45, 7) is 0. The number of hydrogen-bond donors (Lipinski definition) is 2. The van der Waals surface area contributed by atoms with Crippen molar-refractivity contribution in [1.29, 1.82) is 0 Å². The van der Waals surface area contributed by atoms with Gasteiger partial charge in [-0.15, -0.1) is 11.6 Å². The minimum Gasteiger partial charge on any atom is -0.329 e. The first-order chi connectivity index (χ1) is 8.19. The van der Waals surface area contributed by atoms with Gasteiger partial charge in [0.05, 0.1) is 11.0 Å². The van der Waals surface area contributed by atoms with Crippen LogP contribution in [0.2, 0.25) is 5.28 Å². The van der Waals surface area contributed by atoms with Gasteiger partial charge in [-0.05, 0) is 36.2 Å². The van der Waals surface area contributed by atoms with Gasteiger partial charge in [-0.25, -0.2) is 4.98 Å². The minimum atomic E-state index is -0.0457. The van der Waals surface area contributed by atoms with Crippen LogP contribution in [0.15, 0.2) is 18.2 Å². The van der Waals surface area contributed by atoms with E-state index in [-0.39, 0.29) is 5.91 Å². The molecular weight excluding hydrogens is 261 g/mol. The Morgan fingerprint density at radius 3 is 3.06 bits per heavy atom. The van der Waals surface area contributed by atoms with E-state index in [9.17, 15) is 4.79 Å². The molecule has 1 aromatic carbocycles. The molecule has 0 bridgehead atoms. The summed E-state index contributed by atoms with van der Waals surface area (Å²) in [5.41, 5.74) is 2.29. The molecule has 1 heterocycles. The minimum absolute atomic E-state index is 0.0457. The molecule has 0 fully saturated rings. The lowest BCUT2D eigenvalue weighted by atomic mass is 10.2. The molecular formula is C11H11Cl2N3O. The first-order valence-electron chi connectivity index (χ1n) is 5.20. The van der Waals surface area contributed by atoms with Crippen molar-refractivity contribution in [3.05, 3.63) is 23.5 Å². The van der Waals surface area contributed by atoms with Gasteiger partial charge in [0.1, 0.15) is 0 Å². The van der Waals surface area contributed by atoms with Gasteiger partial charge in [0.15, 0.2) is 0 Å². The number of anilines is 1. The third kappa shape index (κ3) is 3.11. The second-order valence-electron chi connectivity index (χ2n) is 3.60. The zero-order valence-electron chi connectivity index (χ0n) is 8.96. The van der Waals surface area contributed by atoms with Crippen molar-refractivity contribution in [3.8, 4) is 0 Å². The summed E-state index contributed by atoms with van der Waals surface area (Å²) in [5, 5.41) is 3.13. The number of aromatic nitrogens is 2. The molecule has 0 saturated carbocycles. The van der Waals surface area contributed by atoms with Crippen molar-refractivity contribution in [1.82, 2.24) is 9.97 Å². The fourth-order valence-electron chi connectivity index (χ4n) is 1.51. The average molecular weight is 272 g/mol. The molecule has 0 saturated heterocycles. The van der Waals surface area contributed by atoms with E-state index in [2.05, 4.69) is 15.3 Å². The third-order valence-electron chi connectivity index (χ3n) is 2.27. The molecule has 0 spiro atoms. The molecule has 0 aliphatic heterocycles. The highest BCUT2D eigenvalue weighted by Crippen LogP contribution is 2.19. The highest BCUT2D eigenvalue weighted by Gasteiger charge is 2.05. The van der Waals surface area contributed by atoms with Crippen molar-refractivity contribution in [3.63, 3.8) is 0 Å². The summed E-state index contributed by atoms with van der Waals surface area (Å²) in [6.07, 6.45) is 1.09. The number of carbonyl (C=O) groups is 1. The molecule has 17 heavy (non-hydrogen) atoms. The molecule has 2 aromatic rings. The van der Waals surface area contributed by atoms with Gasteiger partial charge in [-0.1, -0.05) is 0 Å². The van der Waals surface area contributed by atoms with E-state index in [1.807, 2.05) is 0 Å². The number of rotatable bonds is 4. The maximum Gasteiger partial charge on any atom is 0.224 e. The summed E-state index contributed by atoms with van der Waals surface area (Å²) in [5.74, 6) is 0.443. The van der Waals surface area contributed by atoms with E-state index in [1.54, 1.807) is 18.2 Å². The first kappa shape index (κ1) is 12.2. The highest BCUT2D eigenvalue weighted by atomic mass is 35.5. The topological polar surface area (TPSA) is 57.8 Å². The molecule has 0 aliphatic carbocycles. The maximum atomic E-state index is 11.5. The number of fused-ring (bicyclic) bond motifs is 1. The number of imidazole rings is 1. The standard InChI is InChI=1S/C11H11Cl2N3O/c12-5-1-2-10(17)14-7-3-4-8-9(6-7)16-11(13)15-8/h3-4,6H,1-2,5H2,(H,14,17)(H,15,16). The van der Waals surface area contributed by atoms with E-state index in [1.165, 1.54) is 0 Å². The van der Waals surface area contributed by atoms with Crippen LogP contribution in [0.1, 0.15) is 12.8 Å². The molecule has 2 N–H and O–H groups in total. The normalized spacial score (nSPS) is 10.7. The van der Waals surface area contributed by atoms with E-state index in [0.717, 1.165) is 16.7 Å². The van der Waals surface area contributed by atoms with Gasteiger partial charge >= 0.3 is 0 Å². The number of amides is 1. The number of nitrogens with zero attached hydrogens (tertiary/aromatic N) is 1. The molecule has 2 rings (SSSR count). The van der Waals surface area contributed by atoms with E-state index in [0.29, 0.717) is 24.0 Å². The summed E-state index contributed by atoms with van der Waals surface area (Å²) < 4.78 is 0. The Kier molecular flexibility index (Phi) is 3.86. The highest BCUT2D eigenvalue weighted by molar-refractivity contribution is 6.29. The molecule has 0 aliphatic rings. The van der Waals surface area contributed by atoms with E-state index >= 15 is 0 Å². The van der Waals surface area contributed by atoms with E-state index in [4.69, 9.17) is 23.2 Å². The smallest absolute Gasteiger partial charge is 0.224 e. The van der Waals surface area contributed by atoms with Crippen LogP contribution in [0.4, 0.5) is 5.69 Å². The van der Waals surface area contributed by atoms with Gasteiger partial charge < -0.3 is 10.3 Å². The SMILES string of the molecule is O=C(CCCCl)Nc1ccc2nc(Cl)[nH]c2c1. The maximum absolute atomic E-state index is 11.5. The van der Waals surface area contributed by atoms with Crippen molar-refractivity contribution >= 4 is 45.8 Å². The second kappa shape index (κ2) is 5.38. The van der Waals surface area contributed by atoms with Crippen molar-refractivity contribution in [2.24, 2.45) is 0 Å². The van der Waals surface area contributed by atoms with Crippen molar-refractivity contribution in [2.75, 3.05) is 11.2 Å². The van der Waals surface area contributed by atoms with Gasteiger partial charge in [0, 0.05) is 18.0 Å². The molecule has 90 valence electrons. The Balaban J connectivity index is 2.10. The number of alkyl halides is 1. The Hall–Kier alpha value is -1.26. The third-order valence-corrected chi connectivity index (χ3v) is 2.72. The number of H-pyrrole nitrogens is 1. The predicted molar refractivity (Wildman–Crippen MR) is 69.7 cm³/mol. The van der Waals surface area contributed by atoms with Crippen LogP contribution in [0.5, 0.6) is 0 Å². The van der Waals surface area contributed by atoms with Gasteiger partial charge in [0.2, 0.25) is 11.2 Å². The lowest BCUT2D eigenvalue weighted by Crippen LogP contribution is -2.11. The fraction of sp³-hybridized carbons (Fsp3) is 0.273. The van der Waals surface area contributed by atoms with E-state index < -0.39 is 0 Å². The lowest BCUT2D eigenvalue weighted by molar-refractivity contribution is -0.116. The number of halogens is 2. The molecule has 0 radical (unpaired) electrons. The molecule has 1 aromatic heterocycles. The van der Waals surface area contributed by atoms with Crippen molar-refractivity contribution < 1.29 is 4.79 Å². The zero-order valence-corrected chi connectivity index (χ0v) is 10.5. The lowest BCUT2D eigenvalue weighted by Gasteiger charge is -2.03. The predicted octanol–water partition coefficient (Wildman–Crippen LogP) is 3.17. The largest absolute Gasteiger partial charge is 0.329 e. The quantitative estimate of drug-likeness (QED) is 0.840. The van der Waals surface area contributed by atoms with Gasteiger partial charge in [0.25, 0.3) is 0 Å². The molecule has 0 unspecified atom stereocenters. The number of benzene rings is 1. The average Bonchev–Trinajstić information content (AvgIpc) is 2.65. The van der Waals surface area contributed by atoms with Crippen LogP contribution in [0.25, 0.3) is 11.0 Å². The van der Waals surface area contributed by atoms with Gasteiger partial charge in [-0.2, -0.15) is 0 Å². The van der Waals surface area contributed by atoms with Crippen LogP contribution in [0.3, 0.4) is 0 Å². The Bertz CT molecular complexity index is 538. The molecule has 0 atom stereocenters. The number of hydrogen-bond acceptors (Lipinski definition) is 2. The molecule has 6 heteroatoms. The van der Waals surface area contributed by atoms with Crippen LogP contribution in [-0.2, 0) is 4.79 Å². The summed E-state index contributed by atoms with van der Waals surface area (Å²) in [7, 11) is 0. The van der Waals surface area contributed by atoms with Crippen molar-refractivity contribution in [2.45, 2.75) is 12.8 Å². The number of aromatic amines is 1. The Morgan fingerprint density at radius 1 is 1.47 bits per heavy atom. The summed E-state index contributed by atoms with van der Waals surface area (Å²) >= 11 is 11.3. The monoisotopic (exact) mass is 271 g/mol.